The van der Waals surface area contributed by atoms with Crippen LogP contribution in [0.5, 0.6) is 0 Å². The molecule has 1 aromatic carbocycles. The van der Waals surface area contributed by atoms with Crippen molar-refractivity contribution in [2.45, 2.75) is 37.8 Å². The van der Waals surface area contributed by atoms with Crippen molar-refractivity contribution < 1.29 is 8.83 Å². The number of halogens is 3. The smallest absolute Gasteiger partial charge is 0.185 e. The normalized spacial score (nSPS) is 15.5. The molecular formula is C23H21BrCl2N2O2S. The summed E-state index contributed by atoms with van der Waals surface area (Å²) in [5.74, 6) is 1.75. The van der Waals surface area contributed by atoms with Crippen LogP contribution in [0.4, 0.5) is 0 Å². The van der Waals surface area contributed by atoms with Gasteiger partial charge in [0.2, 0.25) is 0 Å². The highest BCUT2D eigenvalue weighted by Gasteiger charge is 2.43. The zero-order chi connectivity index (χ0) is 20.6. The highest BCUT2D eigenvalue weighted by atomic mass is 79.9. The molecule has 162 valence electrons. The molecular weight excluding hydrogens is 519 g/mol. The lowest BCUT2D eigenvalue weighted by Crippen LogP contribution is -2.39. The van der Waals surface area contributed by atoms with Crippen molar-refractivity contribution in [3.8, 4) is 0 Å². The Labute approximate surface area is 204 Å². The van der Waals surface area contributed by atoms with Crippen LogP contribution in [0.3, 0.4) is 0 Å². The molecule has 0 saturated heterocycles. The summed E-state index contributed by atoms with van der Waals surface area (Å²) in [4.78, 5) is 5.79. The van der Waals surface area contributed by atoms with Crippen LogP contribution in [0.2, 0.25) is 10.0 Å². The highest BCUT2D eigenvalue weighted by molar-refractivity contribution is 8.93. The third kappa shape index (κ3) is 4.31. The van der Waals surface area contributed by atoms with Gasteiger partial charge in [-0.15, -0.1) is 28.3 Å². The van der Waals surface area contributed by atoms with Gasteiger partial charge in [-0.05, 0) is 54.8 Å². The number of benzene rings is 1. The molecule has 1 fully saturated rings. The van der Waals surface area contributed by atoms with Crippen molar-refractivity contribution in [3.63, 3.8) is 0 Å². The molecule has 1 aliphatic rings. The minimum atomic E-state index is -0.0875. The first kappa shape index (κ1) is 22.5. The molecule has 3 aromatic heterocycles. The molecule has 0 bridgehead atoms. The van der Waals surface area contributed by atoms with E-state index in [1.54, 1.807) is 23.9 Å². The van der Waals surface area contributed by atoms with Gasteiger partial charge in [-0.3, -0.25) is 4.99 Å². The molecule has 31 heavy (non-hydrogen) atoms. The van der Waals surface area contributed by atoms with E-state index in [2.05, 4.69) is 16.0 Å². The second-order valence-electron chi connectivity index (χ2n) is 7.53. The van der Waals surface area contributed by atoms with Gasteiger partial charge < -0.3 is 13.4 Å². The van der Waals surface area contributed by atoms with Gasteiger partial charge in [0.15, 0.2) is 4.80 Å². The zero-order valence-electron chi connectivity index (χ0n) is 16.6. The largest absolute Gasteiger partial charge is 0.467 e. The summed E-state index contributed by atoms with van der Waals surface area (Å²) in [5.41, 5.74) is 2.36. The molecule has 0 spiro atoms. The Morgan fingerprint density at radius 3 is 2.35 bits per heavy atom. The summed E-state index contributed by atoms with van der Waals surface area (Å²) in [6.45, 7) is 1.14. The Bertz CT molecular complexity index is 1210. The first-order valence-corrected chi connectivity index (χ1v) is 11.5. The maximum Gasteiger partial charge on any atom is 0.185 e. The number of rotatable bonds is 6. The number of hydrogen-bond acceptors (Lipinski definition) is 4. The van der Waals surface area contributed by atoms with E-state index >= 15 is 0 Å². The molecule has 8 heteroatoms. The fraction of sp³-hybridized carbons (Fsp3) is 0.261. The summed E-state index contributed by atoms with van der Waals surface area (Å²) >= 11 is 14.2. The van der Waals surface area contributed by atoms with E-state index in [4.69, 9.17) is 37.0 Å². The molecule has 0 radical (unpaired) electrons. The van der Waals surface area contributed by atoms with Crippen LogP contribution < -0.4 is 4.80 Å². The van der Waals surface area contributed by atoms with Gasteiger partial charge in [0, 0.05) is 16.5 Å². The predicted molar refractivity (Wildman–Crippen MR) is 130 cm³/mol. The van der Waals surface area contributed by atoms with Gasteiger partial charge in [0.1, 0.15) is 18.1 Å². The maximum atomic E-state index is 6.38. The Morgan fingerprint density at radius 2 is 1.74 bits per heavy atom. The van der Waals surface area contributed by atoms with Gasteiger partial charge in [0.05, 0.1) is 29.1 Å². The maximum absolute atomic E-state index is 6.38. The quantitative estimate of drug-likeness (QED) is 0.259. The molecule has 0 N–H and O–H groups in total. The van der Waals surface area contributed by atoms with Crippen molar-refractivity contribution in [1.29, 1.82) is 0 Å². The average Bonchev–Trinajstić information content (AvgIpc) is 3.46. The molecule has 0 aliphatic heterocycles. The SMILES string of the molecule is Br.Clc1ccc(C2(c3csc(=NCc4ccco4)n3Cc3ccco3)CCC2)cc1Cl. The summed E-state index contributed by atoms with van der Waals surface area (Å²) in [6.07, 6.45) is 6.69. The second kappa shape index (κ2) is 9.41. The fourth-order valence-electron chi connectivity index (χ4n) is 4.11. The molecule has 0 amide bonds. The minimum Gasteiger partial charge on any atom is -0.467 e. The standard InChI is InChI=1S/C23H20Cl2N2O2S.BrH/c24-19-7-6-16(12-20(19)25)23(8-3-9-23)21-15-30-22(26-13-17-4-1-10-28-17)27(21)14-18-5-2-11-29-18;/h1-2,4-7,10-12,15H,3,8-9,13-14H2;1H. The molecule has 3 heterocycles. The number of hydrogen-bond donors (Lipinski definition) is 0. The van der Waals surface area contributed by atoms with Crippen LogP contribution in [0, 0.1) is 0 Å². The molecule has 4 aromatic rings. The lowest BCUT2D eigenvalue weighted by Gasteiger charge is -2.43. The Morgan fingerprint density at radius 1 is 1.00 bits per heavy atom. The Balaban J connectivity index is 0.00000231. The predicted octanol–water partition coefficient (Wildman–Crippen LogP) is 7.24. The zero-order valence-corrected chi connectivity index (χ0v) is 20.6. The van der Waals surface area contributed by atoms with Crippen LogP contribution in [0.1, 0.15) is 42.0 Å². The first-order chi connectivity index (χ1) is 14.7. The second-order valence-corrected chi connectivity index (χ2v) is 9.18. The van der Waals surface area contributed by atoms with E-state index in [0.717, 1.165) is 29.2 Å². The van der Waals surface area contributed by atoms with Crippen molar-refractivity contribution in [1.82, 2.24) is 4.57 Å². The molecule has 0 atom stereocenters. The molecule has 4 nitrogen and oxygen atoms in total. The average molecular weight is 540 g/mol. The van der Waals surface area contributed by atoms with Crippen molar-refractivity contribution in [3.05, 3.63) is 98.0 Å². The summed E-state index contributed by atoms with van der Waals surface area (Å²) in [6, 6.07) is 13.7. The first-order valence-electron chi connectivity index (χ1n) is 9.85. The lowest BCUT2D eigenvalue weighted by atomic mass is 9.62. The van der Waals surface area contributed by atoms with Crippen LogP contribution >= 0.6 is 51.5 Å². The molecule has 5 rings (SSSR count). The Hall–Kier alpha value is -1.73. The van der Waals surface area contributed by atoms with Gasteiger partial charge >= 0.3 is 0 Å². The van der Waals surface area contributed by atoms with E-state index in [-0.39, 0.29) is 22.4 Å². The van der Waals surface area contributed by atoms with Gasteiger partial charge in [-0.25, -0.2) is 0 Å². The minimum absolute atomic E-state index is 0. The van der Waals surface area contributed by atoms with E-state index in [9.17, 15) is 0 Å². The summed E-state index contributed by atoms with van der Waals surface area (Å²) in [7, 11) is 0. The molecule has 0 unspecified atom stereocenters. The van der Waals surface area contributed by atoms with E-state index in [0.29, 0.717) is 23.1 Å². The van der Waals surface area contributed by atoms with E-state index in [1.165, 1.54) is 17.7 Å². The number of aromatic nitrogens is 1. The number of nitrogens with zero attached hydrogens (tertiary/aromatic N) is 2. The number of thiazole rings is 1. The van der Waals surface area contributed by atoms with Crippen molar-refractivity contribution in [2.24, 2.45) is 4.99 Å². The van der Waals surface area contributed by atoms with E-state index < -0.39 is 0 Å². The monoisotopic (exact) mass is 538 g/mol. The fourth-order valence-corrected chi connectivity index (χ4v) is 5.41. The van der Waals surface area contributed by atoms with Crippen LogP contribution in [0.15, 0.2) is 74.2 Å². The molecule has 1 saturated carbocycles. The van der Waals surface area contributed by atoms with Gasteiger partial charge in [0.25, 0.3) is 0 Å². The summed E-state index contributed by atoms with van der Waals surface area (Å²) in [5, 5.41) is 3.40. The van der Waals surface area contributed by atoms with Crippen LogP contribution in [-0.2, 0) is 18.5 Å². The Kier molecular flexibility index (Phi) is 6.82. The van der Waals surface area contributed by atoms with Crippen molar-refractivity contribution in [2.75, 3.05) is 0 Å². The molecule has 1 aliphatic carbocycles. The van der Waals surface area contributed by atoms with E-state index in [1.807, 2.05) is 36.4 Å². The van der Waals surface area contributed by atoms with Crippen LogP contribution in [-0.4, -0.2) is 4.57 Å². The van der Waals surface area contributed by atoms with Crippen molar-refractivity contribution >= 4 is 51.5 Å². The third-order valence-electron chi connectivity index (χ3n) is 5.81. The topological polar surface area (TPSA) is 43.6 Å². The highest BCUT2D eigenvalue weighted by Crippen LogP contribution is 2.50. The summed E-state index contributed by atoms with van der Waals surface area (Å²) < 4.78 is 13.4. The number of furan rings is 2. The third-order valence-corrected chi connectivity index (χ3v) is 7.45. The van der Waals surface area contributed by atoms with Gasteiger partial charge in [-0.1, -0.05) is 35.7 Å². The van der Waals surface area contributed by atoms with Crippen LogP contribution in [0.25, 0.3) is 0 Å². The lowest BCUT2D eigenvalue weighted by molar-refractivity contribution is 0.282. The van der Waals surface area contributed by atoms with Gasteiger partial charge in [-0.2, -0.15) is 0 Å².